The summed E-state index contributed by atoms with van der Waals surface area (Å²) < 4.78 is 9.38. The van der Waals surface area contributed by atoms with E-state index in [1.807, 2.05) is 11.3 Å². The summed E-state index contributed by atoms with van der Waals surface area (Å²) in [7, 11) is 0. The molecule has 71 heavy (non-hydrogen) atoms. The predicted molar refractivity (Wildman–Crippen MR) is 300 cm³/mol. The fourth-order valence-corrected chi connectivity index (χ4v) is 13.0. The van der Waals surface area contributed by atoms with Crippen LogP contribution < -0.4 is 4.90 Å². The second kappa shape index (κ2) is 16.4. The summed E-state index contributed by atoms with van der Waals surface area (Å²) in [6.45, 7) is 2.28. The van der Waals surface area contributed by atoms with Crippen molar-refractivity contribution < 1.29 is 4.42 Å². The number of para-hydroxylation sites is 1. The van der Waals surface area contributed by atoms with Crippen molar-refractivity contribution in [1.29, 1.82) is 0 Å². The van der Waals surface area contributed by atoms with Gasteiger partial charge >= 0.3 is 0 Å². The number of aryl methyl sites for hydroxylation is 1. The molecule has 0 bridgehead atoms. The minimum absolute atomic E-state index is 0.738. The number of anilines is 3. The zero-order valence-corrected chi connectivity index (χ0v) is 39.8. The number of furan rings is 1. The number of nitrogens with zero attached hydrogens (tertiary/aromatic N) is 1. The van der Waals surface area contributed by atoms with E-state index in [0.717, 1.165) is 39.0 Å². The number of hydrogen-bond acceptors (Lipinski definition) is 3. The summed E-state index contributed by atoms with van der Waals surface area (Å²) in [5.41, 5.74) is 20.1. The largest absolute Gasteiger partial charge is 0.456 e. The summed E-state index contributed by atoms with van der Waals surface area (Å²) in [5, 5.41) is 4.88. The molecule has 0 radical (unpaired) electrons. The van der Waals surface area contributed by atoms with Gasteiger partial charge < -0.3 is 9.32 Å². The fourth-order valence-electron chi connectivity index (χ4n) is 11.7. The molecule has 1 unspecified atom stereocenters. The molecular weight excluding hydrogens is 879 g/mol. The Morgan fingerprint density at radius 2 is 0.972 bits per heavy atom. The molecule has 1 aliphatic carbocycles. The minimum Gasteiger partial charge on any atom is -0.456 e. The SMILES string of the molecule is Cc1ccc2oc3ccccc3c2c1C1(c2cccc(N(c3ccc(-c4ccccc4)cc3)c3ccc(-c4cccc5c4sc4ccccc45)cc3)c2)c2ccccc2-c2ccc(-c3ccccc3)cc21. The fraction of sp³-hybridized carbons (Fsp3) is 0.0294. The van der Waals surface area contributed by atoms with Gasteiger partial charge in [-0.2, -0.15) is 0 Å². The molecule has 11 aromatic carbocycles. The van der Waals surface area contributed by atoms with Crippen LogP contribution in [0.4, 0.5) is 17.1 Å². The highest BCUT2D eigenvalue weighted by Gasteiger charge is 2.48. The molecule has 2 nitrogen and oxygen atoms in total. The molecule has 3 heteroatoms. The van der Waals surface area contributed by atoms with Gasteiger partial charge in [0, 0.05) is 48.0 Å². The van der Waals surface area contributed by atoms with E-state index in [2.05, 4.69) is 267 Å². The molecule has 14 rings (SSSR count). The van der Waals surface area contributed by atoms with E-state index in [0.29, 0.717) is 0 Å². The van der Waals surface area contributed by atoms with Gasteiger partial charge in [0.1, 0.15) is 11.2 Å². The second-order valence-electron chi connectivity index (χ2n) is 18.8. The molecular formula is C68H45NOS. The molecule has 2 aromatic heterocycles. The normalized spacial score (nSPS) is 14.0. The van der Waals surface area contributed by atoms with Crippen LogP contribution in [0.25, 0.3) is 86.6 Å². The van der Waals surface area contributed by atoms with Gasteiger partial charge in [-0.25, -0.2) is 0 Å². The highest BCUT2D eigenvalue weighted by Crippen LogP contribution is 2.60. The first kappa shape index (κ1) is 41.2. The Kier molecular flexibility index (Phi) is 9.55. The Balaban J connectivity index is 1.01. The van der Waals surface area contributed by atoms with Crippen LogP contribution in [0.3, 0.4) is 0 Å². The molecule has 0 spiro atoms. The summed E-state index contributed by atoms with van der Waals surface area (Å²) in [4.78, 5) is 2.43. The van der Waals surface area contributed by atoms with Gasteiger partial charge in [0.15, 0.2) is 0 Å². The molecule has 0 aliphatic heterocycles. The lowest BCUT2D eigenvalue weighted by atomic mass is 9.65. The van der Waals surface area contributed by atoms with Gasteiger partial charge in [-0.1, -0.05) is 194 Å². The van der Waals surface area contributed by atoms with Crippen LogP contribution in [0.5, 0.6) is 0 Å². The first-order valence-electron chi connectivity index (χ1n) is 24.4. The van der Waals surface area contributed by atoms with E-state index in [-0.39, 0.29) is 0 Å². The summed E-state index contributed by atoms with van der Waals surface area (Å²) in [6.07, 6.45) is 0. The van der Waals surface area contributed by atoms with Crippen LogP contribution in [-0.2, 0) is 5.41 Å². The van der Waals surface area contributed by atoms with Crippen LogP contribution in [-0.4, -0.2) is 0 Å². The van der Waals surface area contributed by atoms with Crippen molar-refractivity contribution in [2.45, 2.75) is 12.3 Å². The maximum absolute atomic E-state index is 6.75. The molecule has 334 valence electrons. The highest BCUT2D eigenvalue weighted by atomic mass is 32.1. The van der Waals surface area contributed by atoms with E-state index in [1.54, 1.807) is 0 Å². The molecule has 1 atom stereocenters. The maximum atomic E-state index is 6.75. The predicted octanol–water partition coefficient (Wildman–Crippen LogP) is 19.1. The van der Waals surface area contributed by atoms with E-state index in [1.165, 1.54) is 92.5 Å². The number of rotatable bonds is 8. The van der Waals surface area contributed by atoms with E-state index in [9.17, 15) is 0 Å². The average molecular weight is 924 g/mol. The van der Waals surface area contributed by atoms with Crippen LogP contribution >= 0.6 is 11.3 Å². The Bertz CT molecular complexity index is 4170. The average Bonchev–Trinajstić information content (AvgIpc) is 4.11. The number of thiophene rings is 1. The number of hydrogen-bond donors (Lipinski definition) is 0. The Morgan fingerprint density at radius 3 is 1.76 bits per heavy atom. The Morgan fingerprint density at radius 1 is 0.380 bits per heavy atom. The van der Waals surface area contributed by atoms with Crippen LogP contribution in [0.2, 0.25) is 0 Å². The summed E-state index contributed by atoms with van der Waals surface area (Å²) >= 11 is 1.87. The third-order valence-electron chi connectivity index (χ3n) is 14.9. The van der Waals surface area contributed by atoms with Crippen molar-refractivity contribution in [3.63, 3.8) is 0 Å². The van der Waals surface area contributed by atoms with Crippen molar-refractivity contribution in [3.8, 4) is 44.5 Å². The Labute approximate surface area is 417 Å². The molecule has 0 saturated heterocycles. The third kappa shape index (κ3) is 6.47. The topological polar surface area (TPSA) is 16.4 Å². The standard InChI is InChI=1S/C68H45NOS/c1-44-30-41-63-65(59-24-9-12-28-62(59)70-63)66(44)68(60-27-11-8-22-55(60)56-40-35-49(42-61(56)68)46-18-6-3-7-19-46)50-20-14-21-53(43-50)69(51-36-31-47(32-37-51)45-16-4-2-5-17-45)52-38-33-48(34-39-52)54-25-15-26-58-57-23-10-13-29-64(57)71-67(54)58/h2-43H,1H3. The monoisotopic (exact) mass is 923 g/mol. The number of fused-ring (bicyclic) bond motifs is 9. The summed E-state index contributed by atoms with van der Waals surface area (Å²) in [6, 6.07) is 93.6. The van der Waals surface area contributed by atoms with E-state index >= 15 is 0 Å². The molecule has 13 aromatic rings. The second-order valence-corrected chi connectivity index (χ2v) is 19.8. The smallest absolute Gasteiger partial charge is 0.135 e. The third-order valence-corrected chi connectivity index (χ3v) is 16.1. The first-order valence-corrected chi connectivity index (χ1v) is 25.2. The van der Waals surface area contributed by atoms with Gasteiger partial charge in [0.05, 0.1) is 5.41 Å². The minimum atomic E-state index is -0.738. The van der Waals surface area contributed by atoms with Gasteiger partial charge in [-0.05, 0) is 140 Å². The van der Waals surface area contributed by atoms with Crippen molar-refractivity contribution in [3.05, 3.63) is 283 Å². The van der Waals surface area contributed by atoms with Crippen molar-refractivity contribution in [1.82, 2.24) is 0 Å². The van der Waals surface area contributed by atoms with E-state index < -0.39 is 5.41 Å². The lowest BCUT2D eigenvalue weighted by molar-refractivity contribution is 0.667. The van der Waals surface area contributed by atoms with Crippen molar-refractivity contribution >= 4 is 70.5 Å². The zero-order chi connectivity index (χ0) is 47.0. The summed E-state index contributed by atoms with van der Waals surface area (Å²) in [5.74, 6) is 0. The van der Waals surface area contributed by atoms with Gasteiger partial charge in [-0.15, -0.1) is 11.3 Å². The quantitative estimate of drug-likeness (QED) is 0.151. The zero-order valence-electron chi connectivity index (χ0n) is 39.0. The molecule has 1 aliphatic rings. The molecule has 0 amide bonds. The lowest BCUT2D eigenvalue weighted by Gasteiger charge is -2.37. The number of benzene rings is 11. The lowest BCUT2D eigenvalue weighted by Crippen LogP contribution is -2.30. The highest BCUT2D eigenvalue weighted by molar-refractivity contribution is 7.26. The van der Waals surface area contributed by atoms with Crippen molar-refractivity contribution in [2.24, 2.45) is 0 Å². The van der Waals surface area contributed by atoms with Crippen LogP contribution in [0.15, 0.2) is 259 Å². The Hall–Kier alpha value is -8.76. The van der Waals surface area contributed by atoms with Gasteiger partial charge in [0.2, 0.25) is 0 Å². The first-order chi connectivity index (χ1) is 35.1. The van der Waals surface area contributed by atoms with E-state index in [4.69, 9.17) is 4.42 Å². The van der Waals surface area contributed by atoms with Gasteiger partial charge in [0.25, 0.3) is 0 Å². The van der Waals surface area contributed by atoms with Crippen LogP contribution in [0.1, 0.15) is 27.8 Å². The molecule has 2 heterocycles. The maximum Gasteiger partial charge on any atom is 0.135 e. The van der Waals surface area contributed by atoms with Gasteiger partial charge in [-0.3, -0.25) is 0 Å². The molecule has 0 saturated carbocycles. The molecule has 0 N–H and O–H groups in total. The van der Waals surface area contributed by atoms with Crippen LogP contribution in [0, 0.1) is 6.92 Å². The molecule has 0 fully saturated rings. The van der Waals surface area contributed by atoms with Crippen molar-refractivity contribution in [2.75, 3.05) is 4.90 Å².